The summed E-state index contributed by atoms with van der Waals surface area (Å²) in [6.45, 7) is 6.17. The summed E-state index contributed by atoms with van der Waals surface area (Å²) in [5.41, 5.74) is 2.17. The van der Waals surface area contributed by atoms with Crippen molar-refractivity contribution in [3.05, 3.63) is 53.6 Å². The first-order chi connectivity index (χ1) is 11.6. The highest BCUT2D eigenvalue weighted by Crippen LogP contribution is 2.23. The molecule has 1 amide bonds. The van der Waals surface area contributed by atoms with Crippen LogP contribution < -0.4 is 5.32 Å². The van der Waals surface area contributed by atoms with Crippen LogP contribution in [0.15, 0.2) is 36.4 Å². The van der Waals surface area contributed by atoms with Gasteiger partial charge in [0.2, 0.25) is 5.82 Å². The Bertz CT molecular complexity index is 760. The number of carbonyl (C=O) groups is 1. The maximum atomic E-state index is 12.4. The number of nitrogens with zero attached hydrogens (tertiary/aromatic N) is 3. The van der Waals surface area contributed by atoms with Gasteiger partial charge < -0.3 is 5.32 Å². The van der Waals surface area contributed by atoms with Crippen molar-refractivity contribution in [3.63, 3.8) is 0 Å². The lowest BCUT2D eigenvalue weighted by atomic mass is 10.0. The molecule has 1 N–H and O–H groups in total. The predicted molar refractivity (Wildman–Crippen MR) is 94.4 cm³/mol. The molecule has 0 aliphatic heterocycles. The molecule has 0 saturated carbocycles. The number of benzene rings is 1. The number of carbonyl (C=O) groups excluding carboxylic acids is 1. The van der Waals surface area contributed by atoms with Gasteiger partial charge in [-0.15, -0.1) is 5.10 Å². The minimum atomic E-state index is -0.213. The van der Waals surface area contributed by atoms with E-state index in [1.165, 1.54) is 5.56 Å². The van der Waals surface area contributed by atoms with Crippen molar-refractivity contribution in [2.45, 2.75) is 52.0 Å². The number of amides is 1. The zero-order chi connectivity index (χ0) is 17.1. The van der Waals surface area contributed by atoms with E-state index < -0.39 is 0 Å². The van der Waals surface area contributed by atoms with Crippen molar-refractivity contribution in [2.24, 2.45) is 0 Å². The SMILES string of the molecule is Cc1nc(C(=O)NC2C=CCCC2)nn1-c1ccccc1C(C)C. The fourth-order valence-electron chi connectivity index (χ4n) is 3.05. The second-order valence-electron chi connectivity index (χ2n) is 6.55. The molecule has 1 aliphatic rings. The second-order valence-corrected chi connectivity index (χ2v) is 6.55. The van der Waals surface area contributed by atoms with Gasteiger partial charge in [-0.2, -0.15) is 0 Å². The van der Waals surface area contributed by atoms with Gasteiger partial charge in [-0.25, -0.2) is 9.67 Å². The first kappa shape index (κ1) is 16.4. The highest BCUT2D eigenvalue weighted by Gasteiger charge is 2.20. The van der Waals surface area contributed by atoms with E-state index in [4.69, 9.17) is 0 Å². The Morgan fingerprint density at radius 2 is 2.12 bits per heavy atom. The van der Waals surface area contributed by atoms with E-state index in [1.807, 2.05) is 25.1 Å². The highest BCUT2D eigenvalue weighted by molar-refractivity contribution is 5.90. The average Bonchev–Trinajstić information content (AvgIpc) is 2.97. The molecule has 5 heteroatoms. The van der Waals surface area contributed by atoms with Crippen molar-refractivity contribution < 1.29 is 4.79 Å². The van der Waals surface area contributed by atoms with Gasteiger partial charge in [0.25, 0.3) is 5.91 Å². The molecule has 1 aliphatic carbocycles. The molecule has 2 aromatic rings. The molecule has 0 bridgehead atoms. The number of allylic oxidation sites excluding steroid dienone is 1. The van der Waals surface area contributed by atoms with Crippen molar-refractivity contribution >= 4 is 5.91 Å². The summed E-state index contributed by atoms with van der Waals surface area (Å²) in [5.74, 6) is 1.10. The topological polar surface area (TPSA) is 59.8 Å². The number of nitrogens with one attached hydrogen (secondary N) is 1. The Morgan fingerprint density at radius 1 is 1.33 bits per heavy atom. The average molecular weight is 324 g/mol. The summed E-state index contributed by atoms with van der Waals surface area (Å²) in [5, 5.41) is 7.46. The van der Waals surface area contributed by atoms with E-state index in [0.29, 0.717) is 11.7 Å². The van der Waals surface area contributed by atoms with E-state index >= 15 is 0 Å². The summed E-state index contributed by atoms with van der Waals surface area (Å²) in [4.78, 5) is 16.8. The minimum absolute atomic E-state index is 0.0847. The highest BCUT2D eigenvalue weighted by atomic mass is 16.2. The van der Waals surface area contributed by atoms with Crippen molar-refractivity contribution in [1.29, 1.82) is 0 Å². The second kappa shape index (κ2) is 6.99. The molecule has 126 valence electrons. The molecule has 1 atom stereocenters. The fourth-order valence-corrected chi connectivity index (χ4v) is 3.05. The maximum absolute atomic E-state index is 12.4. The molecular weight excluding hydrogens is 300 g/mol. The first-order valence-electron chi connectivity index (χ1n) is 8.56. The molecule has 1 heterocycles. The van der Waals surface area contributed by atoms with Crippen molar-refractivity contribution in [3.8, 4) is 5.69 Å². The van der Waals surface area contributed by atoms with Crippen molar-refractivity contribution in [2.75, 3.05) is 0 Å². The van der Waals surface area contributed by atoms with Gasteiger partial charge in [-0.05, 0) is 43.7 Å². The maximum Gasteiger partial charge on any atom is 0.291 e. The number of aryl methyl sites for hydroxylation is 1. The molecule has 0 spiro atoms. The molecule has 5 nitrogen and oxygen atoms in total. The van der Waals surface area contributed by atoms with Crippen LogP contribution >= 0.6 is 0 Å². The molecule has 0 saturated heterocycles. The Morgan fingerprint density at radius 3 is 2.83 bits per heavy atom. The van der Waals surface area contributed by atoms with Crippen molar-refractivity contribution in [1.82, 2.24) is 20.1 Å². The lowest BCUT2D eigenvalue weighted by Gasteiger charge is -2.16. The van der Waals surface area contributed by atoms with Crippen LogP contribution in [0.1, 0.15) is 61.0 Å². The zero-order valence-electron chi connectivity index (χ0n) is 14.5. The van der Waals surface area contributed by atoms with E-state index in [2.05, 4.69) is 47.5 Å². The lowest BCUT2D eigenvalue weighted by Crippen LogP contribution is -2.35. The molecule has 1 aromatic heterocycles. The Kier molecular flexibility index (Phi) is 4.79. The number of hydrogen-bond acceptors (Lipinski definition) is 3. The van der Waals surface area contributed by atoms with Gasteiger partial charge in [-0.3, -0.25) is 4.79 Å². The van der Waals surface area contributed by atoms with E-state index in [9.17, 15) is 4.79 Å². The summed E-state index contributed by atoms with van der Waals surface area (Å²) in [6.07, 6.45) is 7.33. The normalized spacial score (nSPS) is 17.2. The van der Waals surface area contributed by atoms with Gasteiger partial charge in [0.05, 0.1) is 5.69 Å². The molecule has 1 unspecified atom stereocenters. The van der Waals surface area contributed by atoms with E-state index in [0.717, 1.165) is 24.9 Å². The third-order valence-electron chi connectivity index (χ3n) is 4.33. The summed E-state index contributed by atoms with van der Waals surface area (Å²) >= 11 is 0. The molecular formula is C19H24N4O. The molecule has 1 aromatic carbocycles. The largest absolute Gasteiger partial charge is 0.343 e. The lowest BCUT2D eigenvalue weighted by molar-refractivity contribution is 0.0931. The van der Waals surface area contributed by atoms with Crippen LogP contribution in [0.3, 0.4) is 0 Å². The Balaban J connectivity index is 1.86. The fraction of sp³-hybridized carbons (Fsp3) is 0.421. The van der Waals surface area contributed by atoms with Gasteiger partial charge in [-0.1, -0.05) is 44.2 Å². The quantitative estimate of drug-likeness (QED) is 0.875. The van der Waals surface area contributed by atoms with Gasteiger partial charge >= 0.3 is 0 Å². The Hall–Kier alpha value is -2.43. The van der Waals surface area contributed by atoms with E-state index in [-0.39, 0.29) is 17.8 Å². The number of rotatable bonds is 4. The van der Waals surface area contributed by atoms with Crippen LogP contribution in [0.2, 0.25) is 0 Å². The van der Waals surface area contributed by atoms with E-state index in [1.54, 1.807) is 4.68 Å². The molecule has 3 rings (SSSR count). The monoisotopic (exact) mass is 324 g/mol. The molecule has 24 heavy (non-hydrogen) atoms. The third kappa shape index (κ3) is 3.40. The zero-order valence-corrected chi connectivity index (χ0v) is 14.5. The third-order valence-corrected chi connectivity index (χ3v) is 4.33. The van der Waals surface area contributed by atoms with Gasteiger partial charge in [0, 0.05) is 6.04 Å². The molecule has 0 radical (unpaired) electrons. The van der Waals surface area contributed by atoms with Crippen LogP contribution in [0.4, 0.5) is 0 Å². The number of para-hydroxylation sites is 1. The van der Waals surface area contributed by atoms with Crippen LogP contribution in [0.25, 0.3) is 5.69 Å². The molecule has 0 fully saturated rings. The van der Waals surface area contributed by atoms with Gasteiger partial charge in [0.15, 0.2) is 0 Å². The van der Waals surface area contributed by atoms with Crippen LogP contribution in [0.5, 0.6) is 0 Å². The first-order valence-corrected chi connectivity index (χ1v) is 8.56. The standard InChI is InChI=1S/C19H24N4O/c1-13(2)16-11-7-8-12-17(16)23-14(3)20-18(22-23)19(24)21-15-9-5-4-6-10-15/h5,7-9,11-13,15H,4,6,10H2,1-3H3,(H,21,24). The smallest absolute Gasteiger partial charge is 0.291 e. The number of hydrogen-bond donors (Lipinski definition) is 1. The van der Waals surface area contributed by atoms with Crippen LogP contribution in [-0.4, -0.2) is 26.7 Å². The summed E-state index contributed by atoms with van der Waals surface area (Å²) < 4.78 is 1.76. The minimum Gasteiger partial charge on any atom is -0.343 e. The number of aromatic nitrogens is 3. The van der Waals surface area contributed by atoms with Crippen LogP contribution in [0, 0.1) is 6.92 Å². The Labute approximate surface area is 142 Å². The van der Waals surface area contributed by atoms with Crippen LogP contribution in [-0.2, 0) is 0 Å². The summed E-state index contributed by atoms with van der Waals surface area (Å²) in [6, 6.07) is 8.20. The van der Waals surface area contributed by atoms with Gasteiger partial charge in [0.1, 0.15) is 5.82 Å². The summed E-state index contributed by atoms with van der Waals surface area (Å²) in [7, 11) is 0. The predicted octanol–water partition coefficient (Wildman–Crippen LogP) is 3.54.